The van der Waals surface area contributed by atoms with Crippen molar-refractivity contribution in [2.24, 2.45) is 0 Å². The van der Waals surface area contributed by atoms with Crippen LogP contribution in [0.5, 0.6) is 0 Å². The van der Waals surface area contributed by atoms with E-state index in [0.29, 0.717) is 0 Å². The van der Waals surface area contributed by atoms with Gasteiger partial charge in [-0.1, -0.05) is 0 Å². The second-order valence-corrected chi connectivity index (χ2v) is 3.11. The Morgan fingerprint density at radius 1 is 1.15 bits per heavy atom. The van der Waals surface area contributed by atoms with Gasteiger partial charge in [0.15, 0.2) is 0 Å². The Morgan fingerprint density at radius 2 is 1.69 bits per heavy atom. The maximum Gasteiger partial charge on any atom is 0.307 e. The Bertz CT molecular complexity index is 228. The molecule has 4 heteroatoms. The number of carbonyl (C=O) groups is 2. The van der Waals surface area contributed by atoms with Crippen LogP contribution in [-0.2, 0) is 19.1 Å². The van der Waals surface area contributed by atoms with E-state index < -0.39 is 11.6 Å². The third kappa shape index (κ3) is 7.05. The fraction of sp³-hybridized carbons (Fsp3) is 0.556. The maximum absolute atomic E-state index is 10.6. The zero-order valence-electron chi connectivity index (χ0n) is 8.29. The molecular weight excluding hydrogens is 172 g/mol. The van der Waals surface area contributed by atoms with Crippen LogP contribution in [0.4, 0.5) is 0 Å². The minimum atomic E-state index is -0.749. The highest BCUT2D eigenvalue weighted by atomic mass is 16.6. The van der Waals surface area contributed by atoms with Crippen molar-refractivity contribution in [2.75, 3.05) is 0 Å². The van der Waals surface area contributed by atoms with E-state index in [2.05, 4.69) is 4.74 Å². The molecule has 0 heterocycles. The minimum absolute atomic E-state index is 0.377. The molecule has 0 aliphatic carbocycles. The average Bonchev–Trinajstić information content (AvgIpc) is 1.81. The van der Waals surface area contributed by atoms with E-state index in [4.69, 9.17) is 4.74 Å². The molecule has 0 radical (unpaired) electrons. The molecule has 0 spiro atoms. The first kappa shape index (κ1) is 11.7. The van der Waals surface area contributed by atoms with Gasteiger partial charge in [0.05, 0.1) is 6.26 Å². The summed E-state index contributed by atoms with van der Waals surface area (Å²) in [6.45, 7) is 5.99. The lowest BCUT2D eigenvalue weighted by Gasteiger charge is -2.19. The van der Waals surface area contributed by atoms with E-state index in [0.717, 1.165) is 0 Å². The van der Waals surface area contributed by atoms with Crippen molar-refractivity contribution >= 4 is 11.9 Å². The topological polar surface area (TPSA) is 52.6 Å². The molecule has 13 heavy (non-hydrogen) atoms. The number of ether oxygens (including phenoxy) is 2. The van der Waals surface area contributed by atoms with E-state index in [9.17, 15) is 9.59 Å². The molecule has 0 rings (SSSR count). The van der Waals surface area contributed by atoms with Crippen LogP contribution in [0.1, 0.15) is 27.7 Å². The Kier molecular flexibility index (Phi) is 4.17. The van der Waals surface area contributed by atoms with Crippen LogP contribution in [0.25, 0.3) is 0 Å². The quantitative estimate of drug-likeness (QED) is 0.494. The van der Waals surface area contributed by atoms with Gasteiger partial charge in [0.2, 0.25) is 0 Å². The van der Waals surface area contributed by atoms with Crippen molar-refractivity contribution < 1.29 is 19.1 Å². The van der Waals surface area contributed by atoms with Gasteiger partial charge in [-0.05, 0) is 19.9 Å². The largest absolute Gasteiger partial charge is 0.455 e. The average molecular weight is 186 g/mol. The summed E-state index contributed by atoms with van der Waals surface area (Å²) in [4.78, 5) is 21.0. The van der Waals surface area contributed by atoms with Crippen molar-refractivity contribution in [3.05, 3.63) is 12.3 Å². The monoisotopic (exact) mass is 186 g/mol. The molecule has 0 aromatic carbocycles. The van der Waals surface area contributed by atoms with Crippen LogP contribution in [0.2, 0.25) is 0 Å². The summed E-state index contributed by atoms with van der Waals surface area (Å²) in [5.41, 5.74) is -0.749. The lowest BCUT2D eigenvalue weighted by atomic mass is 10.1. The number of hydrogen-bond donors (Lipinski definition) is 0. The predicted octanol–water partition coefficient (Wildman–Crippen LogP) is 1.40. The fourth-order valence-corrected chi connectivity index (χ4v) is 0.698. The van der Waals surface area contributed by atoms with E-state index >= 15 is 0 Å². The second kappa shape index (κ2) is 4.64. The molecule has 0 bridgehead atoms. The standard InChI is InChI=1S/C9H14O4/c1-7(10)12-6-5-9(3,4)13-8(2)11/h5-6H,1-4H3. The number of hydrogen-bond acceptors (Lipinski definition) is 4. The molecule has 0 saturated heterocycles. The first-order valence-corrected chi connectivity index (χ1v) is 3.88. The Hall–Kier alpha value is -1.32. The van der Waals surface area contributed by atoms with Crippen molar-refractivity contribution in [3.8, 4) is 0 Å². The first-order chi connectivity index (χ1) is 5.83. The predicted molar refractivity (Wildman–Crippen MR) is 46.8 cm³/mol. The Balaban J connectivity index is 4.07. The molecule has 0 saturated carbocycles. The number of esters is 2. The van der Waals surface area contributed by atoms with Crippen molar-refractivity contribution in [3.63, 3.8) is 0 Å². The van der Waals surface area contributed by atoms with Crippen LogP contribution < -0.4 is 0 Å². The molecule has 0 aromatic heterocycles. The summed E-state index contributed by atoms with van der Waals surface area (Å²) in [7, 11) is 0. The van der Waals surface area contributed by atoms with Gasteiger partial charge in [-0.3, -0.25) is 9.59 Å². The van der Waals surface area contributed by atoms with E-state index in [1.165, 1.54) is 26.2 Å². The van der Waals surface area contributed by atoms with Gasteiger partial charge in [0.25, 0.3) is 0 Å². The van der Waals surface area contributed by atoms with Crippen molar-refractivity contribution in [2.45, 2.75) is 33.3 Å². The molecule has 0 N–H and O–H groups in total. The lowest BCUT2D eigenvalue weighted by molar-refractivity contribution is -0.149. The third-order valence-corrected chi connectivity index (χ3v) is 1.11. The SMILES string of the molecule is CC(=O)OC=CC(C)(C)OC(C)=O. The summed E-state index contributed by atoms with van der Waals surface area (Å²) in [6, 6.07) is 0. The van der Waals surface area contributed by atoms with E-state index in [1.807, 2.05) is 0 Å². The Morgan fingerprint density at radius 3 is 2.08 bits per heavy atom. The highest BCUT2D eigenvalue weighted by Gasteiger charge is 2.16. The maximum atomic E-state index is 10.6. The van der Waals surface area contributed by atoms with Crippen LogP contribution in [0.15, 0.2) is 12.3 Å². The van der Waals surface area contributed by atoms with Crippen LogP contribution >= 0.6 is 0 Å². The molecule has 0 fully saturated rings. The molecule has 0 aliphatic heterocycles. The third-order valence-electron chi connectivity index (χ3n) is 1.11. The van der Waals surface area contributed by atoms with Gasteiger partial charge in [-0.2, -0.15) is 0 Å². The smallest absolute Gasteiger partial charge is 0.307 e. The number of carbonyl (C=O) groups excluding carboxylic acids is 2. The van der Waals surface area contributed by atoms with Crippen LogP contribution in [0.3, 0.4) is 0 Å². The summed E-state index contributed by atoms with van der Waals surface area (Å²) in [6.07, 6.45) is 2.71. The van der Waals surface area contributed by atoms with E-state index in [1.54, 1.807) is 13.8 Å². The molecule has 0 unspecified atom stereocenters. The summed E-state index contributed by atoms with van der Waals surface area (Å²) < 4.78 is 9.45. The normalized spacial score (nSPS) is 11.4. The lowest BCUT2D eigenvalue weighted by Crippen LogP contribution is -2.24. The number of rotatable bonds is 3. The highest BCUT2D eigenvalue weighted by molar-refractivity contribution is 5.67. The minimum Gasteiger partial charge on any atom is -0.455 e. The van der Waals surface area contributed by atoms with Crippen LogP contribution in [0, 0.1) is 0 Å². The second-order valence-electron chi connectivity index (χ2n) is 3.11. The van der Waals surface area contributed by atoms with Gasteiger partial charge < -0.3 is 9.47 Å². The molecule has 74 valence electrons. The molecule has 4 nitrogen and oxygen atoms in total. The van der Waals surface area contributed by atoms with Gasteiger partial charge >= 0.3 is 11.9 Å². The zero-order chi connectivity index (χ0) is 10.5. The first-order valence-electron chi connectivity index (χ1n) is 3.88. The van der Waals surface area contributed by atoms with Crippen LogP contribution in [-0.4, -0.2) is 17.5 Å². The molecule has 0 aliphatic rings. The van der Waals surface area contributed by atoms with Crippen molar-refractivity contribution in [1.29, 1.82) is 0 Å². The van der Waals surface area contributed by atoms with Gasteiger partial charge in [-0.15, -0.1) is 0 Å². The van der Waals surface area contributed by atoms with Gasteiger partial charge in [-0.25, -0.2) is 0 Å². The molecular formula is C9H14O4. The summed E-state index contributed by atoms with van der Waals surface area (Å²) >= 11 is 0. The highest BCUT2D eigenvalue weighted by Crippen LogP contribution is 2.10. The molecule has 0 amide bonds. The fourth-order valence-electron chi connectivity index (χ4n) is 0.698. The Labute approximate surface area is 77.5 Å². The molecule has 0 atom stereocenters. The molecule has 0 aromatic rings. The summed E-state index contributed by atoms with van der Waals surface area (Å²) in [5.74, 6) is -0.785. The van der Waals surface area contributed by atoms with Gasteiger partial charge in [0, 0.05) is 13.8 Å². The van der Waals surface area contributed by atoms with E-state index in [-0.39, 0.29) is 5.97 Å². The van der Waals surface area contributed by atoms with Crippen molar-refractivity contribution in [1.82, 2.24) is 0 Å². The zero-order valence-corrected chi connectivity index (χ0v) is 8.29. The summed E-state index contributed by atoms with van der Waals surface area (Å²) in [5, 5.41) is 0. The van der Waals surface area contributed by atoms with Gasteiger partial charge in [0.1, 0.15) is 5.60 Å².